The molecular weight excluding hydrogens is 372 g/mol. The van der Waals surface area contributed by atoms with Gasteiger partial charge >= 0.3 is 5.97 Å². The summed E-state index contributed by atoms with van der Waals surface area (Å²) in [4.78, 5) is 30.0. The van der Waals surface area contributed by atoms with Crippen LogP contribution in [0.15, 0.2) is 41.7 Å². The lowest BCUT2D eigenvalue weighted by Gasteiger charge is -2.20. The predicted molar refractivity (Wildman–Crippen MR) is 97.7 cm³/mol. The van der Waals surface area contributed by atoms with Crippen molar-refractivity contribution in [2.45, 2.75) is 13.5 Å². The Kier molecular flexibility index (Phi) is 5.92. The summed E-state index contributed by atoms with van der Waals surface area (Å²) in [6.45, 7) is 2.10. The second-order valence-corrected chi connectivity index (χ2v) is 6.26. The fraction of sp³-hybridized carbons (Fsp3) is 0.278. The van der Waals surface area contributed by atoms with Crippen LogP contribution in [-0.2, 0) is 30.4 Å². The molecule has 0 bridgehead atoms. The third-order valence-electron chi connectivity index (χ3n) is 3.57. The van der Waals surface area contributed by atoms with Crippen molar-refractivity contribution in [2.75, 3.05) is 25.2 Å². The fourth-order valence-electron chi connectivity index (χ4n) is 2.37. The van der Waals surface area contributed by atoms with Crippen molar-refractivity contribution in [3.8, 4) is 5.75 Å². The number of ether oxygens (including phenoxy) is 4. The minimum Gasteiger partial charge on any atom is -0.495 e. The third kappa shape index (κ3) is 4.37. The number of aromatic nitrogens is 1. The first-order valence-corrected chi connectivity index (χ1v) is 8.98. The van der Waals surface area contributed by atoms with Crippen molar-refractivity contribution in [3.05, 3.63) is 47.4 Å². The number of carbonyl (C=O) groups excluding carboxylic acids is 2. The van der Waals surface area contributed by atoms with Crippen LogP contribution in [0.1, 0.15) is 12.6 Å². The summed E-state index contributed by atoms with van der Waals surface area (Å²) in [5.74, 6) is -0.263. The van der Waals surface area contributed by atoms with Gasteiger partial charge in [-0.15, -0.1) is 11.3 Å². The molecule has 3 rings (SSSR count). The van der Waals surface area contributed by atoms with E-state index in [1.54, 1.807) is 17.5 Å². The van der Waals surface area contributed by atoms with Crippen LogP contribution in [0.5, 0.6) is 5.75 Å². The summed E-state index contributed by atoms with van der Waals surface area (Å²) in [7, 11) is 1.54. The molecular formula is C18H18N2O6S. The summed E-state index contributed by atoms with van der Waals surface area (Å²) < 4.78 is 20.7. The maximum atomic E-state index is 12.2. The number of benzene rings is 1. The van der Waals surface area contributed by atoms with Gasteiger partial charge in [0.05, 0.1) is 18.5 Å². The van der Waals surface area contributed by atoms with Crippen LogP contribution >= 0.6 is 11.3 Å². The Morgan fingerprint density at radius 3 is 2.81 bits per heavy atom. The van der Waals surface area contributed by atoms with Gasteiger partial charge in [-0.25, -0.2) is 9.78 Å². The van der Waals surface area contributed by atoms with E-state index in [9.17, 15) is 9.59 Å². The maximum Gasteiger partial charge on any atom is 0.377 e. The van der Waals surface area contributed by atoms with Gasteiger partial charge in [-0.3, -0.25) is 9.69 Å². The summed E-state index contributed by atoms with van der Waals surface area (Å²) >= 11 is 1.26. The normalized spacial score (nSPS) is 13.0. The highest BCUT2D eigenvalue weighted by Crippen LogP contribution is 2.35. The molecule has 1 aliphatic rings. The van der Waals surface area contributed by atoms with Gasteiger partial charge in [0.2, 0.25) is 11.7 Å². The Hall–Kier alpha value is -3.07. The Balaban J connectivity index is 1.73. The Morgan fingerprint density at radius 1 is 1.30 bits per heavy atom. The Morgan fingerprint density at radius 2 is 2.11 bits per heavy atom. The lowest BCUT2D eigenvalue weighted by atomic mass is 10.2. The van der Waals surface area contributed by atoms with Crippen LogP contribution in [0.3, 0.4) is 0 Å². The zero-order valence-electron chi connectivity index (χ0n) is 14.8. The summed E-state index contributed by atoms with van der Waals surface area (Å²) in [6.07, 6.45) is 1.23. The number of anilines is 2. The van der Waals surface area contributed by atoms with Crippen molar-refractivity contribution in [1.29, 1.82) is 0 Å². The smallest absolute Gasteiger partial charge is 0.377 e. The van der Waals surface area contributed by atoms with Gasteiger partial charge < -0.3 is 18.9 Å². The molecule has 1 aromatic heterocycles. The van der Waals surface area contributed by atoms with E-state index in [1.807, 2.05) is 12.1 Å². The molecule has 0 spiro atoms. The van der Waals surface area contributed by atoms with Crippen LogP contribution in [0.2, 0.25) is 0 Å². The van der Waals surface area contributed by atoms with Crippen molar-refractivity contribution < 1.29 is 28.5 Å². The quantitative estimate of drug-likeness (QED) is 0.701. The molecule has 2 aromatic rings. The number of nitrogens with zero attached hydrogens (tertiary/aromatic N) is 2. The first-order valence-electron chi connectivity index (χ1n) is 8.10. The number of esters is 1. The zero-order chi connectivity index (χ0) is 19.2. The number of carbonyl (C=O) groups is 2. The van der Waals surface area contributed by atoms with Gasteiger partial charge in [0.15, 0.2) is 5.13 Å². The van der Waals surface area contributed by atoms with Crippen molar-refractivity contribution in [1.82, 2.24) is 4.98 Å². The van der Waals surface area contributed by atoms with Crippen LogP contribution in [0.25, 0.3) is 0 Å². The molecule has 142 valence electrons. The monoisotopic (exact) mass is 390 g/mol. The Bertz CT molecular complexity index is 863. The minimum absolute atomic E-state index is 0.0242. The van der Waals surface area contributed by atoms with E-state index in [-0.39, 0.29) is 18.3 Å². The van der Waals surface area contributed by atoms with E-state index in [0.29, 0.717) is 35.5 Å². The summed E-state index contributed by atoms with van der Waals surface area (Å²) in [6, 6.07) is 7.17. The Labute approximate surface area is 159 Å². The minimum atomic E-state index is -0.627. The molecule has 0 aliphatic carbocycles. The van der Waals surface area contributed by atoms with E-state index in [2.05, 4.69) is 4.98 Å². The van der Waals surface area contributed by atoms with Crippen LogP contribution in [-0.4, -0.2) is 37.2 Å². The van der Waals surface area contributed by atoms with Gasteiger partial charge in [-0.2, -0.15) is 0 Å². The van der Waals surface area contributed by atoms with Crippen molar-refractivity contribution in [2.24, 2.45) is 0 Å². The summed E-state index contributed by atoms with van der Waals surface area (Å²) in [5.41, 5.74) is 1.10. The molecule has 8 nitrogen and oxygen atoms in total. The van der Waals surface area contributed by atoms with Gasteiger partial charge in [-0.05, 0) is 12.1 Å². The average molecular weight is 390 g/mol. The molecule has 0 fully saturated rings. The molecule has 0 unspecified atom stereocenters. The second-order valence-electron chi connectivity index (χ2n) is 5.43. The molecule has 0 atom stereocenters. The summed E-state index contributed by atoms with van der Waals surface area (Å²) in [5, 5.41) is 2.18. The highest BCUT2D eigenvalue weighted by molar-refractivity contribution is 7.14. The van der Waals surface area contributed by atoms with Gasteiger partial charge in [0.25, 0.3) is 0 Å². The molecule has 1 aromatic carbocycles. The van der Waals surface area contributed by atoms with Crippen LogP contribution in [0, 0.1) is 0 Å². The number of hydrogen-bond acceptors (Lipinski definition) is 8. The van der Waals surface area contributed by atoms with Crippen molar-refractivity contribution in [3.63, 3.8) is 0 Å². The van der Waals surface area contributed by atoms with E-state index in [0.717, 1.165) is 0 Å². The van der Waals surface area contributed by atoms with Gasteiger partial charge in [-0.1, -0.05) is 12.1 Å². The lowest BCUT2D eigenvalue weighted by molar-refractivity contribution is -0.146. The number of para-hydroxylation sites is 2. The highest BCUT2D eigenvalue weighted by Gasteiger charge is 2.22. The standard InChI is InChI=1S/C18H18N2O6S/c1-12(21)20(14-5-3-4-6-15(14)23-2)18-19-13(11-27-18)9-26-17(22)16-10-24-7-8-25-16/h3-6,10-11H,7-9H2,1-2H3. The lowest BCUT2D eigenvalue weighted by Crippen LogP contribution is -2.23. The van der Waals surface area contributed by atoms with Gasteiger partial charge in [0.1, 0.15) is 31.8 Å². The molecule has 1 aliphatic heterocycles. The predicted octanol–water partition coefficient (Wildman–Crippen LogP) is 2.77. The fourth-order valence-corrected chi connectivity index (χ4v) is 3.24. The number of methoxy groups -OCH3 is 1. The largest absolute Gasteiger partial charge is 0.495 e. The second kappa shape index (κ2) is 8.54. The number of thiazole rings is 1. The SMILES string of the molecule is COc1ccccc1N(C(C)=O)c1nc(COC(=O)C2=COCCO2)cs1. The molecule has 0 N–H and O–H groups in total. The molecule has 1 amide bonds. The molecule has 27 heavy (non-hydrogen) atoms. The molecule has 9 heteroatoms. The molecule has 0 saturated carbocycles. The maximum absolute atomic E-state index is 12.2. The first-order chi connectivity index (χ1) is 13.1. The van der Waals surface area contributed by atoms with E-state index < -0.39 is 5.97 Å². The first kappa shape index (κ1) is 18.7. The van der Waals surface area contributed by atoms with E-state index in [4.69, 9.17) is 18.9 Å². The number of amides is 1. The molecule has 0 radical (unpaired) electrons. The highest BCUT2D eigenvalue weighted by atomic mass is 32.1. The average Bonchev–Trinajstić information content (AvgIpc) is 3.15. The topological polar surface area (TPSA) is 87.2 Å². The third-order valence-corrected chi connectivity index (χ3v) is 4.45. The molecule has 0 saturated heterocycles. The van der Waals surface area contributed by atoms with Crippen LogP contribution in [0.4, 0.5) is 10.8 Å². The number of hydrogen-bond donors (Lipinski definition) is 0. The van der Waals surface area contributed by atoms with Crippen molar-refractivity contribution >= 4 is 34.0 Å². The van der Waals surface area contributed by atoms with E-state index in [1.165, 1.54) is 36.5 Å². The van der Waals surface area contributed by atoms with Crippen LogP contribution < -0.4 is 9.64 Å². The number of rotatable bonds is 6. The van der Waals surface area contributed by atoms with Gasteiger partial charge in [0, 0.05) is 12.3 Å². The zero-order valence-corrected chi connectivity index (χ0v) is 15.7. The molecule has 2 heterocycles. The van der Waals surface area contributed by atoms with E-state index >= 15 is 0 Å².